The molecule has 6 heteroatoms. The first-order valence-electron chi connectivity index (χ1n) is 6.09. The van der Waals surface area contributed by atoms with E-state index in [0.717, 1.165) is 11.1 Å². The van der Waals surface area contributed by atoms with Gasteiger partial charge in [-0.25, -0.2) is 14.3 Å². The molecule has 0 radical (unpaired) electrons. The van der Waals surface area contributed by atoms with Crippen LogP contribution in [-0.4, -0.2) is 30.7 Å². The molecule has 6 nitrogen and oxygen atoms in total. The number of benzene rings is 1. The van der Waals surface area contributed by atoms with Crippen LogP contribution in [0.5, 0.6) is 0 Å². The third-order valence-electron chi connectivity index (χ3n) is 2.99. The quantitative estimate of drug-likeness (QED) is 0.769. The van der Waals surface area contributed by atoms with Crippen LogP contribution in [0.2, 0.25) is 0 Å². The number of aromatic carboxylic acids is 1. The van der Waals surface area contributed by atoms with Gasteiger partial charge in [0, 0.05) is 11.3 Å². The van der Waals surface area contributed by atoms with Gasteiger partial charge in [-0.05, 0) is 26.0 Å². The second-order valence-corrected chi connectivity index (χ2v) is 4.60. The molecule has 100 valence electrons. The molecule has 3 rings (SSSR count). The molecule has 0 saturated carbocycles. The SMILES string of the molecule is Cc1cccc(-c2nc3nc(C(=O)O)cc(C)n3n2)c1. The van der Waals surface area contributed by atoms with Crippen molar-refractivity contribution in [2.45, 2.75) is 13.8 Å². The average Bonchev–Trinajstić information content (AvgIpc) is 2.83. The van der Waals surface area contributed by atoms with Gasteiger partial charge >= 0.3 is 5.97 Å². The van der Waals surface area contributed by atoms with Crippen LogP contribution in [0.3, 0.4) is 0 Å². The monoisotopic (exact) mass is 268 g/mol. The third-order valence-corrected chi connectivity index (χ3v) is 2.99. The molecule has 0 bridgehead atoms. The Balaban J connectivity index is 2.20. The van der Waals surface area contributed by atoms with Gasteiger partial charge in [-0.3, -0.25) is 0 Å². The third kappa shape index (κ3) is 2.01. The molecule has 0 aliphatic rings. The molecule has 0 saturated heterocycles. The molecule has 1 N–H and O–H groups in total. The normalized spacial score (nSPS) is 10.9. The van der Waals surface area contributed by atoms with E-state index in [0.29, 0.717) is 17.3 Å². The van der Waals surface area contributed by atoms with E-state index in [-0.39, 0.29) is 5.69 Å². The lowest BCUT2D eigenvalue weighted by Crippen LogP contribution is -2.05. The highest BCUT2D eigenvalue weighted by Crippen LogP contribution is 2.18. The first-order chi connectivity index (χ1) is 9.54. The van der Waals surface area contributed by atoms with E-state index in [1.807, 2.05) is 31.2 Å². The minimum Gasteiger partial charge on any atom is -0.477 e. The van der Waals surface area contributed by atoms with Gasteiger partial charge in [0.25, 0.3) is 5.78 Å². The predicted octanol–water partition coefficient (Wildman–Crippen LogP) is 2.11. The molecule has 2 aromatic heterocycles. The first kappa shape index (κ1) is 12.3. The van der Waals surface area contributed by atoms with Crippen LogP contribution in [0, 0.1) is 13.8 Å². The molecule has 20 heavy (non-hydrogen) atoms. The van der Waals surface area contributed by atoms with E-state index in [1.165, 1.54) is 6.07 Å². The second kappa shape index (κ2) is 4.41. The number of rotatable bonds is 2. The highest BCUT2D eigenvalue weighted by Gasteiger charge is 2.13. The summed E-state index contributed by atoms with van der Waals surface area (Å²) in [6, 6.07) is 9.28. The summed E-state index contributed by atoms with van der Waals surface area (Å²) in [6.45, 7) is 3.77. The lowest BCUT2D eigenvalue weighted by Gasteiger charge is -1.98. The number of carboxylic acid groups (broad SMARTS) is 1. The molecule has 0 amide bonds. The Morgan fingerprint density at radius 1 is 1.20 bits per heavy atom. The summed E-state index contributed by atoms with van der Waals surface area (Å²) < 4.78 is 1.55. The van der Waals surface area contributed by atoms with Crippen molar-refractivity contribution in [1.29, 1.82) is 0 Å². The molecular weight excluding hydrogens is 256 g/mol. The van der Waals surface area contributed by atoms with Crippen molar-refractivity contribution in [2.75, 3.05) is 0 Å². The smallest absolute Gasteiger partial charge is 0.354 e. The predicted molar refractivity (Wildman–Crippen MR) is 72.7 cm³/mol. The maximum atomic E-state index is 11.0. The number of hydrogen-bond donors (Lipinski definition) is 1. The number of carboxylic acids is 1. The van der Waals surface area contributed by atoms with Gasteiger partial charge in [-0.2, -0.15) is 4.98 Å². The van der Waals surface area contributed by atoms with Gasteiger partial charge in [0.2, 0.25) is 0 Å². The standard InChI is InChI=1S/C14H12N4O2/c1-8-4-3-5-10(6-8)12-16-14-15-11(13(19)20)7-9(2)18(14)17-12/h3-7H,1-2H3,(H,19,20). The zero-order valence-electron chi connectivity index (χ0n) is 11.0. The lowest BCUT2D eigenvalue weighted by molar-refractivity contribution is 0.0690. The van der Waals surface area contributed by atoms with Crippen LogP contribution in [0.15, 0.2) is 30.3 Å². The Morgan fingerprint density at radius 3 is 2.70 bits per heavy atom. The molecular formula is C14H12N4O2. The number of aryl methyl sites for hydroxylation is 2. The molecule has 0 spiro atoms. The Kier molecular flexibility index (Phi) is 2.71. The molecule has 0 aliphatic carbocycles. The summed E-state index contributed by atoms with van der Waals surface area (Å²) in [5, 5.41) is 13.4. The molecule has 0 atom stereocenters. The Hall–Kier alpha value is -2.76. The fourth-order valence-electron chi connectivity index (χ4n) is 2.03. The van der Waals surface area contributed by atoms with Gasteiger partial charge in [0.05, 0.1) is 0 Å². The summed E-state index contributed by atoms with van der Waals surface area (Å²) in [5.74, 6) is -0.249. The van der Waals surface area contributed by atoms with E-state index in [9.17, 15) is 4.79 Å². The second-order valence-electron chi connectivity index (χ2n) is 4.60. The Morgan fingerprint density at radius 2 is 2.00 bits per heavy atom. The van der Waals surface area contributed by atoms with Crippen molar-refractivity contribution < 1.29 is 9.90 Å². The van der Waals surface area contributed by atoms with E-state index < -0.39 is 5.97 Å². The van der Waals surface area contributed by atoms with Crippen LogP contribution < -0.4 is 0 Å². The largest absolute Gasteiger partial charge is 0.477 e. The molecule has 1 aromatic carbocycles. The van der Waals surface area contributed by atoms with Crippen LogP contribution in [0.1, 0.15) is 21.7 Å². The number of aromatic nitrogens is 4. The molecule has 2 heterocycles. The fraction of sp³-hybridized carbons (Fsp3) is 0.143. The average molecular weight is 268 g/mol. The highest BCUT2D eigenvalue weighted by molar-refractivity contribution is 5.85. The van der Waals surface area contributed by atoms with E-state index in [2.05, 4.69) is 15.1 Å². The summed E-state index contributed by atoms with van der Waals surface area (Å²) in [4.78, 5) is 19.3. The van der Waals surface area contributed by atoms with Crippen LogP contribution in [0.4, 0.5) is 0 Å². The van der Waals surface area contributed by atoms with E-state index in [4.69, 9.17) is 5.11 Å². The van der Waals surface area contributed by atoms with Crippen molar-refractivity contribution in [3.63, 3.8) is 0 Å². The van der Waals surface area contributed by atoms with Gasteiger partial charge < -0.3 is 5.11 Å². The van der Waals surface area contributed by atoms with E-state index >= 15 is 0 Å². The molecule has 0 aliphatic heterocycles. The Labute approximate surface area is 114 Å². The van der Waals surface area contributed by atoms with Crippen molar-refractivity contribution in [1.82, 2.24) is 19.6 Å². The van der Waals surface area contributed by atoms with Crippen LogP contribution >= 0.6 is 0 Å². The minimum absolute atomic E-state index is 0.0295. The maximum Gasteiger partial charge on any atom is 0.354 e. The fourth-order valence-corrected chi connectivity index (χ4v) is 2.03. The van der Waals surface area contributed by atoms with Crippen LogP contribution in [-0.2, 0) is 0 Å². The molecule has 0 fully saturated rings. The van der Waals surface area contributed by atoms with Crippen molar-refractivity contribution in [3.05, 3.63) is 47.3 Å². The number of hydrogen-bond acceptors (Lipinski definition) is 4. The van der Waals surface area contributed by atoms with Crippen molar-refractivity contribution >= 4 is 11.7 Å². The first-order valence-corrected chi connectivity index (χ1v) is 6.09. The lowest BCUT2D eigenvalue weighted by atomic mass is 10.1. The summed E-state index contributed by atoms with van der Waals surface area (Å²) in [6.07, 6.45) is 0. The van der Waals surface area contributed by atoms with Gasteiger partial charge in [0.15, 0.2) is 11.5 Å². The zero-order chi connectivity index (χ0) is 14.3. The summed E-state index contributed by atoms with van der Waals surface area (Å²) >= 11 is 0. The Bertz CT molecular complexity index is 823. The van der Waals surface area contributed by atoms with E-state index in [1.54, 1.807) is 11.4 Å². The van der Waals surface area contributed by atoms with Crippen molar-refractivity contribution in [3.8, 4) is 11.4 Å². The van der Waals surface area contributed by atoms with Crippen LogP contribution in [0.25, 0.3) is 17.2 Å². The van der Waals surface area contributed by atoms with Gasteiger partial charge in [0.1, 0.15) is 0 Å². The molecule has 0 unspecified atom stereocenters. The topological polar surface area (TPSA) is 80.4 Å². The number of fused-ring (bicyclic) bond motifs is 1. The highest BCUT2D eigenvalue weighted by atomic mass is 16.4. The zero-order valence-corrected chi connectivity index (χ0v) is 11.0. The molecule has 3 aromatic rings. The minimum atomic E-state index is -1.07. The number of carbonyl (C=O) groups is 1. The summed E-state index contributed by atoms with van der Waals surface area (Å²) in [7, 11) is 0. The van der Waals surface area contributed by atoms with Gasteiger partial charge in [-0.15, -0.1) is 5.10 Å². The van der Waals surface area contributed by atoms with Crippen molar-refractivity contribution in [2.24, 2.45) is 0 Å². The number of nitrogens with zero attached hydrogens (tertiary/aromatic N) is 4. The summed E-state index contributed by atoms with van der Waals surface area (Å²) in [5.41, 5.74) is 2.64. The van der Waals surface area contributed by atoms with Gasteiger partial charge in [-0.1, -0.05) is 23.8 Å². The maximum absolute atomic E-state index is 11.0.